The standard InChI is InChI=1S/C9H15NO4/c1-3-4-5-7(9(12)13)10-8(11)6-14-2/h3,7H,1,4-6H2,2H3,(H,10,11)(H,12,13)/t7-/m1/s1. The molecular weight excluding hydrogens is 186 g/mol. The molecule has 0 fully saturated rings. The zero-order valence-corrected chi connectivity index (χ0v) is 8.16. The first kappa shape index (κ1) is 12.6. The van der Waals surface area contributed by atoms with E-state index in [0.29, 0.717) is 12.8 Å². The van der Waals surface area contributed by atoms with Crippen LogP contribution < -0.4 is 5.32 Å². The maximum absolute atomic E-state index is 11.0. The van der Waals surface area contributed by atoms with Crippen molar-refractivity contribution in [3.8, 4) is 0 Å². The summed E-state index contributed by atoms with van der Waals surface area (Å²) in [4.78, 5) is 21.7. The molecule has 1 atom stereocenters. The molecule has 2 N–H and O–H groups in total. The van der Waals surface area contributed by atoms with Crippen molar-refractivity contribution in [2.24, 2.45) is 0 Å². The van der Waals surface area contributed by atoms with Crippen LogP contribution in [0.4, 0.5) is 0 Å². The summed E-state index contributed by atoms with van der Waals surface area (Å²) < 4.78 is 4.56. The van der Waals surface area contributed by atoms with Crippen LogP contribution in [-0.2, 0) is 14.3 Å². The van der Waals surface area contributed by atoms with Crippen molar-refractivity contribution in [1.29, 1.82) is 0 Å². The minimum atomic E-state index is -1.05. The highest BCUT2D eigenvalue weighted by Gasteiger charge is 2.18. The van der Waals surface area contributed by atoms with Gasteiger partial charge in [-0.1, -0.05) is 6.08 Å². The number of carbonyl (C=O) groups is 2. The number of hydrogen-bond donors (Lipinski definition) is 2. The lowest BCUT2D eigenvalue weighted by Crippen LogP contribution is -2.42. The molecule has 0 aromatic rings. The first-order valence-electron chi connectivity index (χ1n) is 4.23. The van der Waals surface area contributed by atoms with E-state index in [0.717, 1.165) is 0 Å². The van der Waals surface area contributed by atoms with E-state index in [1.165, 1.54) is 7.11 Å². The summed E-state index contributed by atoms with van der Waals surface area (Å²) in [7, 11) is 1.37. The van der Waals surface area contributed by atoms with E-state index in [1.54, 1.807) is 6.08 Å². The van der Waals surface area contributed by atoms with E-state index in [-0.39, 0.29) is 6.61 Å². The number of carboxylic acids is 1. The Kier molecular flexibility index (Phi) is 6.39. The summed E-state index contributed by atoms with van der Waals surface area (Å²) in [5.41, 5.74) is 0. The van der Waals surface area contributed by atoms with Crippen LogP contribution in [0.3, 0.4) is 0 Å². The number of carboxylic acid groups (broad SMARTS) is 1. The summed E-state index contributed by atoms with van der Waals surface area (Å²) in [5.74, 6) is -1.47. The molecule has 0 aliphatic heterocycles. The molecule has 0 saturated carbocycles. The van der Waals surface area contributed by atoms with Crippen LogP contribution in [0.1, 0.15) is 12.8 Å². The molecule has 0 bridgehead atoms. The molecule has 0 aromatic heterocycles. The molecule has 5 heteroatoms. The summed E-state index contributed by atoms with van der Waals surface area (Å²) in [6, 6.07) is -0.865. The molecule has 0 aliphatic carbocycles. The van der Waals surface area contributed by atoms with Crippen molar-refractivity contribution in [2.45, 2.75) is 18.9 Å². The number of methoxy groups -OCH3 is 1. The number of rotatable bonds is 7. The Balaban J connectivity index is 4.01. The highest BCUT2D eigenvalue weighted by atomic mass is 16.5. The average molecular weight is 201 g/mol. The Morgan fingerprint density at radius 2 is 2.29 bits per heavy atom. The summed E-state index contributed by atoms with van der Waals surface area (Å²) >= 11 is 0. The van der Waals surface area contributed by atoms with Gasteiger partial charge in [0.05, 0.1) is 0 Å². The van der Waals surface area contributed by atoms with Crippen molar-refractivity contribution < 1.29 is 19.4 Å². The number of allylic oxidation sites excluding steroid dienone is 1. The Morgan fingerprint density at radius 1 is 1.64 bits per heavy atom. The van der Waals surface area contributed by atoms with E-state index in [2.05, 4.69) is 16.6 Å². The molecule has 0 rings (SSSR count). The fourth-order valence-corrected chi connectivity index (χ4v) is 0.909. The van der Waals surface area contributed by atoms with Gasteiger partial charge in [0, 0.05) is 7.11 Å². The largest absolute Gasteiger partial charge is 0.480 e. The molecule has 0 unspecified atom stereocenters. The normalized spacial score (nSPS) is 11.8. The molecule has 0 aromatic carbocycles. The lowest BCUT2D eigenvalue weighted by molar-refractivity contribution is -0.142. The first-order valence-corrected chi connectivity index (χ1v) is 4.23. The van der Waals surface area contributed by atoms with Gasteiger partial charge >= 0.3 is 5.97 Å². The van der Waals surface area contributed by atoms with Gasteiger partial charge in [-0.2, -0.15) is 0 Å². The van der Waals surface area contributed by atoms with E-state index in [4.69, 9.17) is 5.11 Å². The predicted octanol–water partition coefficient (Wildman–Crippen LogP) is 0.168. The van der Waals surface area contributed by atoms with E-state index < -0.39 is 17.9 Å². The predicted molar refractivity (Wildman–Crippen MR) is 50.9 cm³/mol. The molecule has 80 valence electrons. The van der Waals surface area contributed by atoms with Crippen molar-refractivity contribution in [3.63, 3.8) is 0 Å². The number of carbonyl (C=O) groups excluding carboxylic acids is 1. The molecule has 0 aliphatic rings. The molecular formula is C9H15NO4. The van der Waals surface area contributed by atoms with Gasteiger partial charge < -0.3 is 15.2 Å². The fraction of sp³-hybridized carbons (Fsp3) is 0.556. The Bertz CT molecular complexity index is 215. The third-order valence-corrected chi connectivity index (χ3v) is 1.57. The third kappa shape index (κ3) is 5.31. The second kappa shape index (κ2) is 7.08. The Hall–Kier alpha value is -1.36. The van der Waals surface area contributed by atoms with Crippen LogP contribution >= 0.6 is 0 Å². The SMILES string of the molecule is C=CCC[C@@H](NC(=O)COC)C(=O)O. The van der Waals surface area contributed by atoms with Crippen LogP contribution in [0.2, 0.25) is 0 Å². The van der Waals surface area contributed by atoms with Gasteiger partial charge in [0.1, 0.15) is 12.6 Å². The summed E-state index contributed by atoms with van der Waals surface area (Å²) in [5, 5.41) is 11.1. The molecule has 0 radical (unpaired) electrons. The van der Waals surface area contributed by atoms with Crippen LogP contribution in [0, 0.1) is 0 Å². The Labute approximate surface area is 82.7 Å². The highest BCUT2D eigenvalue weighted by molar-refractivity contribution is 5.84. The third-order valence-electron chi connectivity index (χ3n) is 1.57. The van der Waals surface area contributed by atoms with E-state index >= 15 is 0 Å². The second-order valence-corrected chi connectivity index (χ2v) is 2.76. The number of aliphatic carboxylic acids is 1. The maximum Gasteiger partial charge on any atom is 0.326 e. The van der Waals surface area contributed by atoms with Crippen molar-refractivity contribution in [1.82, 2.24) is 5.32 Å². The Morgan fingerprint density at radius 3 is 2.71 bits per heavy atom. The highest BCUT2D eigenvalue weighted by Crippen LogP contribution is 1.98. The van der Waals surface area contributed by atoms with E-state index in [9.17, 15) is 9.59 Å². The van der Waals surface area contributed by atoms with Gasteiger partial charge in [-0.3, -0.25) is 4.79 Å². The second-order valence-electron chi connectivity index (χ2n) is 2.76. The number of amides is 1. The van der Waals surface area contributed by atoms with Crippen LogP contribution in [0.25, 0.3) is 0 Å². The quantitative estimate of drug-likeness (QED) is 0.576. The minimum absolute atomic E-state index is 0.127. The van der Waals surface area contributed by atoms with Crippen LogP contribution in [-0.4, -0.2) is 36.7 Å². The zero-order chi connectivity index (χ0) is 11.0. The van der Waals surface area contributed by atoms with Gasteiger partial charge in [0.2, 0.25) is 5.91 Å². The van der Waals surface area contributed by atoms with Gasteiger partial charge in [-0.05, 0) is 12.8 Å². The zero-order valence-electron chi connectivity index (χ0n) is 8.16. The summed E-state index contributed by atoms with van der Waals surface area (Å²) in [6.45, 7) is 3.35. The number of nitrogens with one attached hydrogen (secondary N) is 1. The molecule has 0 heterocycles. The molecule has 0 saturated heterocycles. The average Bonchev–Trinajstić information content (AvgIpc) is 2.12. The molecule has 14 heavy (non-hydrogen) atoms. The lowest BCUT2D eigenvalue weighted by Gasteiger charge is -2.12. The lowest BCUT2D eigenvalue weighted by atomic mass is 10.1. The van der Waals surface area contributed by atoms with Crippen molar-refractivity contribution >= 4 is 11.9 Å². The van der Waals surface area contributed by atoms with Crippen LogP contribution in [0.15, 0.2) is 12.7 Å². The van der Waals surface area contributed by atoms with Gasteiger partial charge in [-0.25, -0.2) is 4.79 Å². The smallest absolute Gasteiger partial charge is 0.326 e. The van der Waals surface area contributed by atoms with Crippen molar-refractivity contribution in [2.75, 3.05) is 13.7 Å². The molecule has 5 nitrogen and oxygen atoms in total. The number of ether oxygens (including phenoxy) is 1. The topological polar surface area (TPSA) is 75.6 Å². The first-order chi connectivity index (χ1) is 6.61. The van der Waals surface area contributed by atoms with Crippen molar-refractivity contribution in [3.05, 3.63) is 12.7 Å². The maximum atomic E-state index is 11.0. The monoisotopic (exact) mass is 201 g/mol. The van der Waals surface area contributed by atoms with Crippen LogP contribution in [0.5, 0.6) is 0 Å². The van der Waals surface area contributed by atoms with Gasteiger partial charge in [0.25, 0.3) is 0 Å². The van der Waals surface area contributed by atoms with Gasteiger partial charge in [0.15, 0.2) is 0 Å². The molecule has 1 amide bonds. The van der Waals surface area contributed by atoms with Gasteiger partial charge in [-0.15, -0.1) is 6.58 Å². The molecule has 0 spiro atoms. The summed E-state index contributed by atoms with van der Waals surface area (Å²) in [6.07, 6.45) is 2.50. The van der Waals surface area contributed by atoms with E-state index in [1.807, 2.05) is 0 Å². The minimum Gasteiger partial charge on any atom is -0.480 e. The number of hydrogen-bond acceptors (Lipinski definition) is 3. The fourth-order valence-electron chi connectivity index (χ4n) is 0.909.